The number of hydrogen-bond donors (Lipinski definition) is 7. The molecule has 4 rings (SSSR count). The van der Waals surface area contributed by atoms with Crippen molar-refractivity contribution in [2.45, 2.75) is 77.4 Å². The molecular formula is C41H52N8O9. The smallest absolute Gasteiger partial charge is 0.246 e. The van der Waals surface area contributed by atoms with Crippen LogP contribution in [0.2, 0.25) is 0 Å². The Labute approximate surface area is 336 Å². The van der Waals surface area contributed by atoms with Gasteiger partial charge in [0.2, 0.25) is 47.3 Å². The Kier molecular flexibility index (Phi) is 16.7. The molecule has 1 heterocycles. The normalized spacial score (nSPS) is 21.1. The average Bonchev–Trinajstić information content (AvgIpc) is 3.20. The molecule has 3 aromatic carbocycles. The third-order valence-corrected chi connectivity index (χ3v) is 9.36. The molecule has 1 fully saturated rings. The van der Waals surface area contributed by atoms with Gasteiger partial charge in [0.05, 0.1) is 32.2 Å². The molecule has 58 heavy (non-hydrogen) atoms. The maximum absolute atomic E-state index is 14.5. The molecule has 17 heteroatoms. The van der Waals surface area contributed by atoms with Crippen LogP contribution in [-0.2, 0) is 56.1 Å². The van der Waals surface area contributed by atoms with E-state index in [4.69, 9.17) is 4.74 Å². The molecule has 0 aromatic heterocycles. The Bertz CT molecular complexity index is 1950. The standard InChI is InChI=1S/C41H52N8O9/c1-25(58-24-29-11-6-5-7-12-29)23-49-27(3)39(55)48-33(19-31-15-10-14-30-13-8-9-16-32(30)31)40(56)45-22-36(52)46-26(2)38(54)43-18-17-42-35(51)20-34(41(49)57)47-37(53)21-44-28(4)50/h5-16,25-27,33-34H,17-24H2,1-4H3,(H,42,51)(H,43,54)(H,44,50)(H,45,56)(H,46,52)(H,47,53)(H,48,55)/t25?,26-,27-,33+,34-/m0/s1. The summed E-state index contributed by atoms with van der Waals surface area (Å²) in [5.41, 5.74) is 1.58. The van der Waals surface area contributed by atoms with Crippen molar-refractivity contribution in [3.63, 3.8) is 0 Å². The Hall–Kier alpha value is -6.36. The molecule has 0 saturated carbocycles. The van der Waals surface area contributed by atoms with Crippen LogP contribution in [-0.4, -0.2) is 115 Å². The first-order valence-electron chi connectivity index (χ1n) is 19.1. The molecule has 8 amide bonds. The number of ether oxygens (including phenoxy) is 1. The number of benzene rings is 3. The van der Waals surface area contributed by atoms with Gasteiger partial charge in [-0.2, -0.15) is 0 Å². The molecule has 7 N–H and O–H groups in total. The first-order valence-corrected chi connectivity index (χ1v) is 19.1. The Morgan fingerprint density at radius 2 is 1.50 bits per heavy atom. The summed E-state index contributed by atoms with van der Waals surface area (Å²) in [6.45, 7) is 4.72. The number of rotatable bonds is 10. The van der Waals surface area contributed by atoms with E-state index in [0.29, 0.717) is 0 Å². The second-order valence-electron chi connectivity index (χ2n) is 14.1. The van der Waals surface area contributed by atoms with Crippen molar-refractivity contribution in [1.82, 2.24) is 42.1 Å². The van der Waals surface area contributed by atoms with Crippen molar-refractivity contribution in [2.24, 2.45) is 0 Å². The van der Waals surface area contributed by atoms with Crippen LogP contribution < -0.4 is 37.2 Å². The van der Waals surface area contributed by atoms with E-state index in [-0.39, 0.29) is 32.7 Å². The first kappa shape index (κ1) is 44.4. The van der Waals surface area contributed by atoms with Crippen molar-refractivity contribution in [3.8, 4) is 0 Å². The molecule has 3 aromatic rings. The van der Waals surface area contributed by atoms with Gasteiger partial charge in [-0.3, -0.25) is 38.4 Å². The second-order valence-corrected chi connectivity index (χ2v) is 14.1. The lowest BCUT2D eigenvalue weighted by atomic mass is 9.98. The fraction of sp³-hybridized carbons (Fsp3) is 0.415. The Morgan fingerprint density at radius 1 is 0.810 bits per heavy atom. The quantitative estimate of drug-likeness (QED) is 0.141. The van der Waals surface area contributed by atoms with Crippen LogP contribution in [0, 0.1) is 0 Å². The van der Waals surface area contributed by atoms with Crippen molar-refractivity contribution >= 4 is 58.0 Å². The van der Waals surface area contributed by atoms with Gasteiger partial charge in [0.25, 0.3) is 0 Å². The zero-order chi connectivity index (χ0) is 42.2. The van der Waals surface area contributed by atoms with Gasteiger partial charge in [0.1, 0.15) is 24.2 Å². The highest BCUT2D eigenvalue weighted by atomic mass is 16.5. The summed E-state index contributed by atoms with van der Waals surface area (Å²) in [5, 5.41) is 19.6. The topological polar surface area (TPSA) is 233 Å². The van der Waals surface area contributed by atoms with Crippen molar-refractivity contribution in [2.75, 3.05) is 32.7 Å². The van der Waals surface area contributed by atoms with Crippen LogP contribution in [0.3, 0.4) is 0 Å². The predicted molar refractivity (Wildman–Crippen MR) is 213 cm³/mol. The molecule has 0 aliphatic carbocycles. The van der Waals surface area contributed by atoms with E-state index < -0.39 is 97.0 Å². The monoisotopic (exact) mass is 800 g/mol. The number of nitrogens with one attached hydrogen (secondary N) is 7. The minimum atomic E-state index is -1.51. The van der Waals surface area contributed by atoms with Crippen molar-refractivity contribution < 1.29 is 43.1 Å². The molecule has 5 atom stereocenters. The lowest BCUT2D eigenvalue weighted by Crippen LogP contribution is -2.60. The Morgan fingerprint density at radius 3 is 2.24 bits per heavy atom. The summed E-state index contributed by atoms with van der Waals surface area (Å²) in [6, 6.07) is 17.3. The van der Waals surface area contributed by atoms with Gasteiger partial charge in [-0.05, 0) is 42.7 Å². The third-order valence-electron chi connectivity index (χ3n) is 9.36. The molecule has 0 bridgehead atoms. The largest absolute Gasteiger partial charge is 0.372 e. The molecular weight excluding hydrogens is 748 g/mol. The summed E-state index contributed by atoms with van der Waals surface area (Å²) in [4.78, 5) is 107. The summed E-state index contributed by atoms with van der Waals surface area (Å²) < 4.78 is 6.06. The van der Waals surface area contributed by atoms with Gasteiger partial charge in [0, 0.05) is 33.0 Å². The number of hydrogen-bond acceptors (Lipinski definition) is 9. The summed E-state index contributed by atoms with van der Waals surface area (Å²) in [5.74, 6) is -5.41. The van der Waals surface area contributed by atoms with Crippen LogP contribution in [0.25, 0.3) is 10.8 Å². The van der Waals surface area contributed by atoms with Crippen molar-refractivity contribution in [3.05, 3.63) is 83.9 Å². The fourth-order valence-corrected chi connectivity index (χ4v) is 6.21. The van der Waals surface area contributed by atoms with E-state index in [1.165, 1.54) is 25.7 Å². The van der Waals surface area contributed by atoms with E-state index in [0.717, 1.165) is 21.9 Å². The molecule has 17 nitrogen and oxygen atoms in total. The summed E-state index contributed by atoms with van der Waals surface area (Å²) in [7, 11) is 0. The molecule has 0 radical (unpaired) electrons. The highest BCUT2D eigenvalue weighted by Gasteiger charge is 2.36. The van der Waals surface area contributed by atoms with Gasteiger partial charge < -0.3 is 46.9 Å². The first-order chi connectivity index (χ1) is 27.7. The third kappa shape index (κ3) is 13.7. The van der Waals surface area contributed by atoms with Crippen LogP contribution >= 0.6 is 0 Å². The maximum Gasteiger partial charge on any atom is 0.246 e. The fourth-order valence-electron chi connectivity index (χ4n) is 6.21. The zero-order valence-electron chi connectivity index (χ0n) is 33.1. The van der Waals surface area contributed by atoms with Gasteiger partial charge in [-0.15, -0.1) is 0 Å². The lowest BCUT2D eigenvalue weighted by Gasteiger charge is -2.34. The van der Waals surface area contributed by atoms with E-state index in [1.807, 2.05) is 72.8 Å². The number of nitrogens with zero attached hydrogens (tertiary/aromatic N) is 1. The van der Waals surface area contributed by atoms with Crippen LogP contribution in [0.15, 0.2) is 72.8 Å². The highest BCUT2D eigenvalue weighted by Crippen LogP contribution is 2.20. The lowest BCUT2D eigenvalue weighted by molar-refractivity contribution is -0.146. The van der Waals surface area contributed by atoms with Crippen LogP contribution in [0.1, 0.15) is 45.2 Å². The number of carbonyl (C=O) groups excluding carboxylic acids is 8. The second kappa shape index (κ2) is 21.8. The predicted octanol–water partition coefficient (Wildman–Crippen LogP) is -0.433. The van der Waals surface area contributed by atoms with E-state index >= 15 is 0 Å². The average molecular weight is 801 g/mol. The van der Waals surface area contributed by atoms with Crippen LogP contribution in [0.4, 0.5) is 0 Å². The van der Waals surface area contributed by atoms with Gasteiger partial charge in [-0.25, -0.2) is 0 Å². The van der Waals surface area contributed by atoms with Gasteiger partial charge in [0.15, 0.2) is 0 Å². The molecule has 1 aliphatic rings. The zero-order valence-corrected chi connectivity index (χ0v) is 33.1. The van der Waals surface area contributed by atoms with Crippen molar-refractivity contribution in [1.29, 1.82) is 0 Å². The minimum absolute atomic E-state index is 0.00138. The van der Waals surface area contributed by atoms with E-state index in [1.54, 1.807) is 6.92 Å². The molecule has 1 unspecified atom stereocenters. The summed E-state index contributed by atoms with van der Waals surface area (Å²) >= 11 is 0. The summed E-state index contributed by atoms with van der Waals surface area (Å²) in [6.07, 6.45) is -1.24. The van der Waals surface area contributed by atoms with Gasteiger partial charge in [-0.1, -0.05) is 72.8 Å². The molecule has 1 saturated heterocycles. The maximum atomic E-state index is 14.5. The number of amides is 8. The molecule has 310 valence electrons. The van der Waals surface area contributed by atoms with Gasteiger partial charge >= 0.3 is 0 Å². The SMILES string of the molecule is CC(=O)NCC(=O)N[C@H]1CC(=O)NCCNC(=O)[C@H](C)NC(=O)CNC(=O)[C@@H](Cc2cccc3ccccc23)NC(=O)[C@H](C)N(CC(C)OCc2ccccc2)C1=O. The van der Waals surface area contributed by atoms with Crippen LogP contribution in [0.5, 0.6) is 0 Å². The highest BCUT2D eigenvalue weighted by molar-refractivity contribution is 5.98. The number of carbonyl (C=O) groups is 8. The Balaban J connectivity index is 1.70. The molecule has 0 spiro atoms. The minimum Gasteiger partial charge on any atom is -0.372 e. The van der Waals surface area contributed by atoms with E-state index in [2.05, 4.69) is 37.2 Å². The number of fused-ring (bicyclic) bond motifs is 1. The molecule has 1 aliphatic heterocycles. The van der Waals surface area contributed by atoms with E-state index in [9.17, 15) is 38.4 Å².